The molecule has 0 amide bonds. The molecule has 0 radical (unpaired) electrons. The molecule has 0 N–H and O–H groups in total. The van der Waals surface area contributed by atoms with Gasteiger partial charge in [0.15, 0.2) is 6.10 Å². The van der Waals surface area contributed by atoms with E-state index in [0.29, 0.717) is 0 Å². The molecule has 0 unspecified atom stereocenters. The summed E-state index contributed by atoms with van der Waals surface area (Å²) in [5.41, 5.74) is -0.896. The molecule has 1 nitrogen and oxygen atoms in total. The fourth-order valence-electron chi connectivity index (χ4n) is 0.978. The number of halogens is 3. The van der Waals surface area contributed by atoms with E-state index in [1.807, 2.05) is 0 Å². The number of hydrogen-bond acceptors (Lipinski definition) is 1. The van der Waals surface area contributed by atoms with E-state index in [9.17, 15) is 13.2 Å². The lowest BCUT2D eigenvalue weighted by molar-refractivity contribution is -0.240. The molecule has 0 fully saturated rings. The summed E-state index contributed by atoms with van der Waals surface area (Å²) in [6.07, 6.45) is -5.96. The molecule has 0 aromatic carbocycles. The van der Waals surface area contributed by atoms with Gasteiger partial charge in [0, 0.05) is 7.11 Å². The zero-order valence-corrected chi connectivity index (χ0v) is 7.12. The molecule has 0 saturated heterocycles. The number of hydrogen-bond donors (Lipinski definition) is 0. The highest BCUT2D eigenvalue weighted by molar-refractivity contribution is 4.80. The van der Waals surface area contributed by atoms with Crippen molar-refractivity contribution in [1.29, 1.82) is 0 Å². The molecule has 1 atom stereocenters. The van der Waals surface area contributed by atoms with Crippen molar-refractivity contribution in [2.75, 3.05) is 7.11 Å². The zero-order chi connectivity index (χ0) is 9.28. The topological polar surface area (TPSA) is 9.23 Å². The van der Waals surface area contributed by atoms with Crippen molar-refractivity contribution in [2.24, 2.45) is 5.41 Å². The van der Waals surface area contributed by atoms with Crippen LogP contribution in [0.1, 0.15) is 20.8 Å². The van der Waals surface area contributed by atoms with Crippen molar-refractivity contribution in [1.82, 2.24) is 0 Å². The van der Waals surface area contributed by atoms with E-state index >= 15 is 0 Å². The largest absolute Gasteiger partial charge is 0.415 e. The molecule has 68 valence electrons. The van der Waals surface area contributed by atoms with Crippen LogP contribution in [0.4, 0.5) is 13.2 Å². The lowest BCUT2D eigenvalue weighted by Crippen LogP contribution is -2.41. The van der Waals surface area contributed by atoms with Crippen LogP contribution in [0.2, 0.25) is 0 Å². The molecule has 0 aromatic rings. The van der Waals surface area contributed by atoms with E-state index in [2.05, 4.69) is 4.74 Å². The number of methoxy groups -OCH3 is 1. The molecule has 0 aliphatic carbocycles. The van der Waals surface area contributed by atoms with Crippen LogP contribution in [0.25, 0.3) is 0 Å². The summed E-state index contributed by atoms with van der Waals surface area (Å²) < 4.78 is 40.6. The lowest BCUT2D eigenvalue weighted by Gasteiger charge is -2.30. The molecule has 4 heteroatoms. The first-order valence-electron chi connectivity index (χ1n) is 3.29. The van der Waals surface area contributed by atoms with E-state index in [1.54, 1.807) is 0 Å². The monoisotopic (exact) mass is 170 g/mol. The normalized spacial score (nSPS) is 16.6. The van der Waals surface area contributed by atoms with Crippen LogP contribution in [-0.2, 0) is 4.74 Å². The van der Waals surface area contributed by atoms with Crippen LogP contribution in [0.15, 0.2) is 0 Å². The van der Waals surface area contributed by atoms with Gasteiger partial charge in [-0.3, -0.25) is 0 Å². The molecule has 0 heterocycles. The van der Waals surface area contributed by atoms with Gasteiger partial charge in [-0.2, -0.15) is 13.2 Å². The Hall–Kier alpha value is -0.250. The summed E-state index contributed by atoms with van der Waals surface area (Å²) >= 11 is 0. The maximum absolute atomic E-state index is 12.1. The zero-order valence-electron chi connectivity index (χ0n) is 7.12. The summed E-state index contributed by atoms with van der Waals surface area (Å²) in [6.45, 7) is 4.48. The average molecular weight is 170 g/mol. The first-order valence-corrected chi connectivity index (χ1v) is 3.29. The second kappa shape index (κ2) is 3.01. The van der Waals surface area contributed by atoms with Crippen molar-refractivity contribution >= 4 is 0 Å². The van der Waals surface area contributed by atoms with E-state index in [-0.39, 0.29) is 0 Å². The molecule has 0 rings (SSSR count). The van der Waals surface area contributed by atoms with Gasteiger partial charge in [0.05, 0.1) is 0 Å². The van der Waals surface area contributed by atoms with Gasteiger partial charge in [-0.1, -0.05) is 20.8 Å². The molecule has 0 spiro atoms. The van der Waals surface area contributed by atoms with Gasteiger partial charge in [-0.05, 0) is 5.41 Å². The van der Waals surface area contributed by atoms with E-state index in [0.717, 1.165) is 7.11 Å². The van der Waals surface area contributed by atoms with Crippen molar-refractivity contribution in [3.63, 3.8) is 0 Å². The van der Waals surface area contributed by atoms with Gasteiger partial charge >= 0.3 is 6.18 Å². The first kappa shape index (κ1) is 10.8. The fourth-order valence-corrected chi connectivity index (χ4v) is 0.978. The Kier molecular flexibility index (Phi) is 2.94. The smallest absolute Gasteiger partial charge is 0.371 e. The third kappa shape index (κ3) is 3.10. The van der Waals surface area contributed by atoms with Crippen LogP contribution >= 0.6 is 0 Å². The predicted molar refractivity (Wildman–Crippen MR) is 36.3 cm³/mol. The Morgan fingerprint density at radius 3 is 1.45 bits per heavy atom. The molecule has 0 aliphatic heterocycles. The van der Waals surface area contributed by atoms with Crippen LogP contribution < -0.4 is 0 Å². The van der Waals surface area contributed by atoms with Crippen LogP contribution in [-0.4, -0.2) is 19.4 Å². The minimum atomic E-state index is -4.27. The molecule has 0 aromatic heterocycles. The second-order valence-corrected chi connectivity index (χ2v) is 3.52. The van der Waals surface area contributed by atoms with E-state index in [1.165, 1.54) is 20.8 Å². The Balaban J connectivity index is 4.43. The maximum atomic E-state index is 12.1. The Morgan fingerprint density at radius 2 is 1.45 bits per heavy atom. The summed E-state index contributed by atoms with van der Waals surface area (Å²) in [6, 6.07) is 0. The third-order valence-corrected chi connectivity index (χ3v) is 1.32. The molecule has 0 aliphatic rings. The summed E-state index contributed by atoms with van der Waals surface area (Å²) in [5.74, 6) is 0. The van der Waals surface area contributed by atoms with Crippen molar-refractivity contribution < 1.29 is 17.9 Å². The van der Waals surface area contributed by atoms with Crippen molar-refractivity contribution in [2.45, 2.75) is 33.1 Å². The Labute approximate surface area is 64.5 Å². The van der Waals surface area contributed by atoms with Gasteiger partial charge in [0.2, 0.25) is 0 Å². The highest BCUT2D eigenvalue weighted by atomic mass is 19.4. The van der Waals surface area contributed by atoms with Crippen LogP contribution in [0.3, 0.4) is 0 Å². The molecule has 11 heavy (non-hydrogen) atoms. The van der Waals surface area contributed by atoms with Crippen LogP contribution in [0, 0.1) is 5.41 Å². The molecular weight excluding hydrogens is 157 g/mol. The Morgan fingerprint density at radius 1 is 1.09 bits per heavy atom. The van der Waals surface area contributed by atoms with E-state index in [4.69, 9.17) is 0 Å². The Bertz CT molecular complexity index is 109. The number of rotatable bonds is 1. The molecular formula is C7H13F3O. The molecule has 0 bridgehead atoms. The predicted octanol–water partition coefficient (Wildman–Crippen LogP) is 2.61. The van der Waals surface area contributed by atoms with Gasteiger partial charge in [0.1, 0.15) is 0 Å². The summed E-state index contributed by atoms with van der Waals surface area (Å²) in [7, 11) is 1.07. The van der Waals surface area contributed by atoms with Crippen molar-refractivity contribution in [3.8, 4) is 0 Å². The average Bonchev–Trinajstić information content (AvgIpc) is 1.56. The lowest BCUT2D eigenvalue weighted by atomic mass is 9.89. The summed E-state index contributed by atoms with van der Waals surface area (Å²) in [4.78, 5) is 0. The van der Waals surface area contributed by atoms with Gasteiger partial charge in [-0.15, -0.1) is 0 Å². The van der Waals surface area contributed by atoms with E-state index < -0.39 is 17.7 Å². The minimum Gasteiger partial charge on any atom is -0.371 e. The van der Waals surface area contributed by atoms with Crippen molar-refractivity contribution in [3.05, 3.63) is 0 Å². The SMILES string of the molecule is CO[C@H](C(C)(C)C)C(F)(F)F. The second-order valence-electron chi connectivity index (χ2n) is 3.52. The van der Waals surface area contributed by atoms with Gasteiger partial charge < -0.3 is 4.74 Å². The quantitative estimate of drug-likeness (QED) is 0.587. The standard InChI is InChI=1S/C7H13F3O/c1-6(2,3)5(11-4)7(8,9)10/h5H,1-4H3/t5-/m1/s1. The summed E-state index contributed by atoms with van der Waals surface area (Å²) in [5, 5.41) is 0. The minimum absolute atomic E-state index is 0.896. The number of ether oxygens (including phenoxy) is 1. The first-order chi connectivity index (χ1) is 4.69. The fraction of sp³-hybridized carbons (Fsp3) is 1.00. The van der Waals surface area contributed by atoms with Crippen LogP contribution in [0.5, 0.6) is 0 Å². The maximum Gasteiger partial charge on any atom is 0.415 e. The van der Waals surface area contributed by atoms with Gasteiger partial charge in [0.25, 0.3) is 0 Å². The highest BCUT2D eigenvalue weighted by Crippen LogP contribution is 2.35. The van der Waals surface area contributed by atoms with Gasteiger partial charge in [-0.25, -0.2) is 0 Å². The number of alkyl halides is 3. The highest BCUT2D eigenvalue weighted by Gasteiger charge is 2.47. The third-order valence-electron chi connectivity index (χ3n) is 1.32. The molecule has 0 saturated carbocycles.